The van der Waals surface area contributed by atoms with Crippen molar-refractivity contribution in [1.82, 2.24) is 0 Å². The molecule has 0 nitrogen and oxygen atoms in total. The minimum atomic E-state index is -1.71. The fourth-order valence-corrected chi connectivity index (χ4v) is 8.48. The normalized spacial score (nSPS) is 11.6. The summed E-state index contributed by atoms with van der Waals surface area (Å²) in [6.07, 6.45) is 11.3. The van der Waals surface area contributed by atoms with Gasteiger partial charge in [0.05, 0.1) is 6.66 Å². The summed E-state index contributed by atoms with van der Waals surface area (Å²) in [5, 5.41) is 4.60. The van der Waals surface area contributed by atoms with Gasteiger partial charge < -0.3 is 0 Å². The van der Waals surface area contributed by atoms with E-state index in [1.807, 2.05) is 0 Å². The molecule has 32 heavy (non-hydrogen) atoms. The predicted octanol–water partition coefficient (Wildman–Crippen LogP) is 7.64. The smallest absolute Gasteiger partial charge is 0.0654 e. The molecule has 0 aromatic heterocycles. The summed E-state index contributed by atoms with van der Waals surface area (Å²) in [4.78, 5) is 0. The van der Waals surface area contributed by atoms with Gasteiger partial charge in [-0.1, -0.05) is 82.5 Å². The molecule has 0 spiro atoms. The Hall–Kier alpha value is -1.91. The minimum absolute atomic E-state index is 1.21. The largest absolute Gasteiger partial charge is 0.109 e. The Morgan fingerprint density at radius 1 is 0.531 bits per heavy atom. The summed E-state index contributed by atoms with van der Waals surface area (Å²) in [5.41, 5.74) is 4.98. The van der Waals surface area contributed by atoms with Gasteiger partial charge in [0.25, 0.3) is 0 Å². The zero-order valence-corrected chi connectivity index (χ0v) is 21.6. The van der Waals surface area contributed by atoms with Crippen molar-refractivity contribution in [2.24, 2.45) is 0 Å². The highest BCUT2D eigenvalue weighted by atomic mass is 31.2. The topological polar surface area (TPSA) is 0 Å². The molecule has 0 saturated heterocycles. The van der Waals surface area contributed by atoms with Gasteiger partial charge in [-0.25, -0.2) is 0 Å². The van der Waals surface area contributed by atoms with E-state index < -0.39 is 7.26 Å². The molecular formula is C31H42P+. The van der Waals surface area contributed by atoms with Crippen molar-refractivity contribution in [3.05, 3.63) is 89.5 Å². The van der Waals surface area contributed by atoms with Crippen LogP contribution in [0.5, 0.6) is 0 Å². The third kappa shape index (κ3) is 5.52. The number of unbranched alkanes of at least 4 members (excludes halogenated alkanes) is 3. The molecule has 3 rings (SSSR count). The van der Waals surface area contributed by atoms with Gasteiger partial charge in [-0.2, -0.15) is 0 Å². The van der Waals surface area contributed by atoms with Crippen LogP contribution >= 0.6 is 7.26 Å². The fourth-order valence-electron chi connectivity index (χ4n) is 4.93. The molecule has 0 unspecified atom stereocenters. The van der Waals surface area contributed by atoms with Gasteiger partial charge in [0.15, 0.2) is 0 Å². The Morgan fingerprint density at radius 3 is 1.50 bits per heavy atom. The first-order valence-corrected chi connectivity index (χ1v) is 15.0. The van der Waals surface area contributed by atoms with E-state index in [1.165, 1.54) is 68.4 Å². The Morgan fingerprint density at radius 2 is 1.00 bits per heavy atom. The molecule has 0 fully saturated rings. The summed E-state index contributed by atoms with van der Waals surface area (Å²) in [5.74, 6) is 0. The maximum Gasteiger partial charge on any atom is 0.109 e. The minimum Gasteiger partial charge on any atom is -0.0654 e. The second-order valence-electron chi connectivity index (χ2n) is 9.19. The summed E-state index contributed by atoms with van der Waals surface area (Å²) in [6.45, 7) is 9.52. The van der Waals surface area contributed by atoms with Gasteiger partial charge >= 0.3 is 0 Å². The average molecular weight is 446 g/mol. The molecule has 0 saturated carbocycles. The molecule has 0 aliphatic heterocycles. The van der Waals surface area contributed by atoms with Gasteiger partial charge in [-0.3, -0.25) is 0 Å². The number of rotatable bonds is 12. The van der Waals surface area contributed by atoms with E-state index in [0.29, 0.717) is 0 Å². The van der Waals surface area contributed by atoms with E-state index in [4.69, 9.17) is 0 Å². The van der Waals surface area contributed by atoms with Crippen LogP contribution in [0, 0.1) is 0 Å². The third-order valence-electron chi connectivity index (χ3n) is 6.89. The van der Waals surface area contributed by atoms with Crippen LogP contribution in [0.3, 0.4) is 0 Å². The monoisotopic (exact) mass is 445 g/mol. The summed E-state index contributed by atoms with van der Waals surface area (Å²) >= 11 is 0. The van der Waals surface area contributed by atoms with Gasteiger partial charge in [0.1, 0.15) is 23.2 Å². The SMILES string of the molecule is CCCCc1ccc([P+](C)(c2ccccc2)c2ccccc2)c(CCCC)c1CCCC. The highest BCUT2D eigenvalue weighted by molar-refractivity contribution is 7.95. The van der Waals surface area contributed by atoms with Crippen LogP contribution in [0.15, 0.2) is 72.8 Å². The molecule has 0 amide bonds. The first-order chi connectivity index (χ1) is 15.7. The fraction of sp³-hybridized carbons (Fsp3) is 0.419. The molecule has 0 heterocycles. The highest BCUT2D eigenvalue weighted by Gasteiger charge is 2.42. The molecule has 0 N–H and O–H groups in total. The van der Waals surface area contributed by atoms with Crippen molar-refractivity contribution < 1.29 is 0 Å². The van der Waals surface area contributed by atoms with Gasteiger partial charge in [-0.15, -0.1) is 0 Å². The van der Waals surface area contributed by atoms with Crippen molar-refractivity contribution in [3.8, 4) is 0 Å². The van der Waals surface area contributed by atoms with Crippen molar-refractivity contribution >= 4 is 23.2 Å². The van der Waals surface area contributed by atoms with E-state index in [1.54, 1.807) is 22.0 Å². The van der Waals surface area contributed by atoms with Crippen molar-refractivity contribution in [2.75, 3.05) is 6.66 Å². The molecule has 170 valence electrons. The second kappa shape index (κ2) is 12.4. The third-order valence-corrected chi connectivity index (χ3v) is 10.9. The zero-order chi connectivity index (χ0) is 22.8. The highest BCUT2D eigenvalue weighted by Crippen LogP contribution is 2.53. The first-order valence-electron chi connectivity index (χ1n) is 12.8. The van der Waals surface area contributed by atoms with Gasteiger partial charge in [-0.05, 0) is 85.5 Å². The summed E-state index contributed by atoms with van der Waals surface area (Å²) in [7, 11) is -1.71. The average Bonchev–Trinajstić information content (AvgIpc) is 2.85. The van der Waals surface area contributed by atoms with Crippen LogP contribution in [-0.2, 0) is 19.3 Å². The quantitative estimate of drug-likeness (QED) is 0.251. The predicted molar refractivity (Wildman–Crippen MR) is 147 cm³/mol. The van der Waals surface area contributed by atoms with Crippen LogP contribution in [-0.4, -0.2) is 6.66 Å². The molecular weight excluding hydrogens is 403 g/mol. The lowest BCUT2D eigenvalue weighted by atomic mass is 9.91. The van der Waals surface area contributed by atoms with Crippen LogP contribution < -0.4 is 15.9 Å². The Kier molecular flexibility index (Phi) is 9.55. The van der Waals surface area contributed by atoms with E-state index in [9.17, 15) is 0 Å². The van der Waals surface area contributed by atoms with E-state index >= 15 is 0 Å². The molecule has 0 aliphatic carbocycles. The number of benzene rings is 3. The van der Waals surface area contributed by atoms with Crippen molar-refractivity contribution in [2.45, 2.75) is 78.6 Å². The van der Waals surface area contributed by atoms with Gasteiger partial charge in [0, 0.05) is 0 Å². The van der Waals surface area contributed by atoms with Gasteiger partial charge in [0.2, 0.25) is 0 Å². The molecule has 0 bridgehead atoms. The maximum atomic E-state index is 2.55. The Labute approximate surface area is 197 Å². The lowest BCUT2D eigenvalue weighted by Gasteiger charge is -2.28. The molecule has 0 radical (unpaired) electrons. The first kappa shape index (κ1) is 24.7. The lowest BCUT2D eigenvalue weighted by molar-refractivity contribution is 0.737. The standard InChI is InChI=1S/C31H42P/c1-5-8-17-26-24-25-31(30(23-10-7-3)29(26)22-9-6-2)32(4,27-18-13-11-14-19-27)28-20-15-12-16-21-28/h11-16,18-21,24-25H,5-10,17,22-23H2,1-4H3/q+1. The van der Waals surface area contributed by atoms with Crippen molar-refractivity contribution in [1.29, 1.82) is 0 Å². The number of aryl methyl sites for hydroxylation is 1. The Balaban J connectivity index is 2.27. The Bertz CT molecular complexity index is 903. The molecule has 0 aliphatic rings. The van der Waals surface area contributed by atoms with Crippen LogP contribution in [0.4, 0.5) is 0 Å². The molecule has 1 heteroatoms. The van der Waals surface area contributed by atoms with E-state index in [2.05, 4.69) is 100 Å². The van der Waals surface area contributed by atoms with Crippen molar-refractivity contribution in [3.63, 3.8) is 0 Å². The molecule has 0 atom stereocenters. The van der Waals surface area contributed by atoms with Crippen LogP contribution in [0.1, 0.15) is 76.0 Å². The second-order valence-corrected chi connectivity index (χ2v) is 12.7. The van der Waals surface area contributed by atoms with Crippen LogP contribution in [0.25, 0.3) is 0 Å². The maximum absolute atomic E-state index is 2.55. The zero-order valence-electron chi connectivity index (χ0n) is 20.7. The van der Waals surface area contributed by atoms with Crippen LogP contribution in [0.2, 0.25) is 0 Å². The lowest BCUT2D eigenvalue weighted by Crippen LogP contribution is -2.33. The summed E-state index contributed by atoms with van der Waals surface area (Å²) < 4.78 is 0. The molecule has 3 aromatic carbocycles. The number of hydrogen-bond donors (Lipinski definition) is 0. The number of hydrogen-bond acceptors (Lipinski definition) is 0. The van der Waals surface area contributed by atoms with E-state index in [-0.39, 0.29) is 0 Å². The summed E-state index contributed by atoms with van der Waals surface area (Å²) in [6, 6.07) is 27.6. The van der Waals surface area contributed by atoms with E-state index in [0.717, 1.165) is 0 Å². The molecule has 3 aromatic rings.